The summed E-state index contributed by atoms with van der Waals surface area (Å²) in [7, 11) is 0. The number of nitrogens with one attached hydrogen (secondary N) is 3. The molecule has 0 atom stereocenters. The molecule has 38 heavy (non-hydrogen) atoms. The molecular formula is C31H30N4O3. The monoisotopic (exact) mass is 506 g/mol. The molecule has 0 aliphatic carbocycles. The fourth-order valence-electron chi connectivity index (χ4n) is 4.76. The highest BCUT2D eigenvalue weighted by Gasteiger charge is 2.28. The predicted octanol–water partition coefficient (Wildman–Crippen LogP) is 3.67. The smallest absolute Gasteiger partial charge is 0.296 e. The molecule has 4 N–H and O–H groups in total. The number of carbonyl (C=O) groups excluding carboxylic acids is 2. The lowest BCUT2D eigenvalue weighted by Crippen LogP contribution is -2.24. The average molecular weight is 507 g/mol. The summed E-state index contributed by atoms with van der Waals surface area (Å²) in [5, 5.41) is 17.8. The Balaban J connectivity index is 1.44. The van der Waals surface area contributed by atoms with E-state index in [0.717, 1.165) is 42.1 Å². The molecule has 7 nitrogen and oxygen atoms in total. The minimum Gasteiger partial charge on any atom is -0.395 e. The van der Waals surface area contributed by atoms with Gasteiger partial charge in [-0.3, -0.25) is 14.5 Å². The van der Waals surface area contributed by atoms with Gasteiger partial charge in [-0.05, 0) is 61.3 Å². The molecule has 0 saturated carbocycles. The van der Waals surface area contributed by atoms with Crippen LogP contribution < -0.4 is 16.0 Å². The number of aliphatic hydroxyl groups excluding tert-OH is 1. The predicted molar refractivity (Wildman–Crippen MR) is 150 cm³/mol. The van der Waals surface area contributed by atoms with Gasteiger partial charge in [-0.2, -0.15) is 0 Å². The summed E-state index contributed by atoms with van der Waals surface area (Å²) >= 11 is 0. The molecule has 0 unspecified atom stereocenters. The molecule has 2 amide bonds. The first kappa shape index (κ1) is 25.3. The molecule has 3 aromatic carbocycles. The van der Waals surface area contributed by atoms with Crippen molar-refractivity contribution in [2.24, 2.45) is 0 Å². The van der Waals surface area contributed by atoms with E-state index in [4.69, 9.17) is 5.11 Å². The molecular weight excluding hydrogens is 476 g/mol. The highest BCUT2D eigenvalue weighted by Crippen LogP contribution is 2.38. The number of likely N-dealkylation sites (tertiary alicyclic amines) is 1. The van der Waals surface area contributed by atoms with Crippen LogP contribution >= 0.6 is 0 Å². The Kier molecular flexibility index (Phi) is 7.84. The number of rotatable bonds is 7. The van der Waals surface area contributed by atoms with E-state index in [9.17, 15) is 9.59 Å². The summed E-state index contributed by atoms with van der Waals surface area (Å²) in [5.41, 5.74) is 6.35. The van der Waals surface area contributed by atoms with Crippen molar-refractivity contribution >= 4 is 34.5 Å². The van der Waals surface area contributed by atoms with E-state index in [1.54, 1.807) is 12.1 Å². The first-order valence-electron chi connectivity index (χ1n) is 12.9. The second kappa shape index (κ2) is 11.8. The third-order valence-electron chi connectivity index (χ3n) is 6.62. The van der Waals surface area contributed by atoms with Crippen LogP contribution in [-0.2, 0) is 16.1 Å². The number of fused-ring (bicyclic) bond motifs is 1. The summed E-state index contributed by atoms with van der Waals surface area (Å²) in [5.74, 6) is 4.65. The van der Waals surface area contributed by atoms with E-state index in [1.807, 2.05) is 36.4 Å². The number of benzene rings is 3. The molecule has 1 fully saturated rings. The summed E-state index contributed by atoms with van der Waals surface area (Å²) in [6.07, 6.45) is 2.54. The molecule has 0 radical (unpaired) electrons. The number of aliphatic hydroxyl groups is 1. The van der Waals surface area contributed by atoms with Crippen molar-refractivity contribution in [3.8, 4) is 11.8 Å². The maximum atomic E-state index is 13.2. The zero-order valence-corrected chi connectivity index (χ0v) is 21.1. The van der Waals surface area contributed by atoms with E-state index < -0.39 is 5.91 Å². The van der Waals surface area contributed by atoms with Gasteiger partial charge in [-0.15, -0.1) is 0 Å². The summed E-state index contributed by atoms with van der Waals surface area (Å²) < 4.78 is 0. The van der Waals surface area contributed by atoms with Gasteiger partial charge in [0, 0.05) is 35.8 Å². The van der Waals surface area contributed by atoms with Gasteiger partial charge in [0.1, 0.15) is 0 Å². The summed E-state index contributed by atoms with van der Waals surface area (Å²) in [4.78, 5) is 27.5. The van der Waals surface area contributed by atoms with Crippen molar-refractivity contribution in [2.75, 3.05) is 36.9 Å². The molecule has 1 saturated heterocycles. The number of nitrogens with zero attached hydrogens (tertiary/aromatic N) is 1. The second-order valence-corrected chi connectivity index (χ2v) is 9.37. The molecule has 192 valence electrons. The van der Waals surface area contributed by atoms with Crippen LogP contribution in [0.25, 0.3) is 11.3 Å². The average Bonchev–Trinajstić information content (AvgIpc) is 3.57. The Morgan fingerprint density at radius 3 is 2.50 bits per heavy atom. The fourth-order valence-corrected chi connectivity index (χ4v) is 4.76. The highest BCUT2D eigenvalue weighted by atomic mass is 16.3. The zero-order chi connectivity index (χ0) is 26.3. The Labute approximate surface area is 222 Å². The van der Waals surface area contributed by atoms with Gasteiger partial charge < -0.3 is 21.1 Å². The SMILES string of the molecule is O=C(C#Cc1ccc2c(c1)NC(=O)C2=C(Nc1ccc(CN2CCCC2)cc1)c1ccccc1)NCCO. The molecule has 5 rings (SSSR count). The molecule has 0 aromatic heterocycles. The van der Waals surface area contributed by atoms with Gasteiger partial charge in [-0.25, -0.2) is 0 Å². The highest BCUT2D eigenvalue weighted by molar-refractivity contribution is 6.37. The van der Waals surface area contributed by atoms with Crippen LogP contribution in [0, 0.1) is 11.8 Å². The van der Waals surface area contributed by atoms with Crippen LogP contribution in [0.4, 0.5) is 11.4 Å². The number of amides is 2. The number of hydrogen-bond acceptors (Lipinski definition) is 5. The summed E-state index contributed by atoms with van der Waals surface area (Å²) in [6.45, 7) is 3.27. The molecule has 2 heterocycles. The molecule has 7 heteroatoms. The number of anilines is 2. The standard InChI is InChI=1S/C31H30N4O3/c36-19-16-32-28(37)15-11-22-10-14-26-27(20-22)34-31(38)29(26)30(24-6-2-1-3-7-24)33-25-12-8-23(9-13-25)21-35-17-4-5-18-35/h1-3,6-10,12-14,20,33,36H,4-5,16-19,21H2,(H,32,37)(H,34,38). The molecule has 0 bridgehead atoms. The van der Waals surface area contributed by atoms with Crippen molar-refractivity contribution < 1.29 is 14.7 Å². The second-order valence-electron chi connectivity index (χ2n) is 9.37. The minimum absolute atomic E-state index is 0.145. The lowest BCUT2D eigenvalue weighted by atomic mass is 9.99. The van der Waals surface area contributed by atoms with Crippen molar-refractivity contribution in [1.29, 1.82) is 0 Å². The first-order chi connectivity index (χ1) is 18.6. The van der Waals surface area contributed by atoms with Crippen LogP contribution in [0.5, 0.6) is 0 Å². The topological polar surface area (TPSA) is 93.7 Å². The molecule has 2 aliphatic rings. The van der Waals surface area contributed by atoms with Gasteiger partial charge in [0.25, 0.3) is 11.8 Å². The van der Waals surface area contributed by atoms with E-state index in [1.165, 1.54) is 18.4 Å². The van der Waals surface area contributed by atoms with E-state index in [0.29, 0.717) is 16.8 Å². The van der Waals surface area contributed by atoms with Crippen LogP contribution in [0.15, 0.2) is 72.8 Å². The van der Waals surface area contributed by atoms with E-state index in [-0.39, 0.29) is 19.1 Å². The van der Waals surface area contributed by atoms with Gasteiger partial charge in [-0.1, -0.05) is 54.5 Å². The van der Waals surface area contributed by atoms with Crippen molar-refractivity contribution in [3.63, 3.8) is 0 Å². The first-order valence-corrected chi connectivity index (χ1v) is 12.9. The third kappa shape index (κ3) is 5.94. The number of carbonyl (C=O) groups is 2. The quantitative estimate of drug-likeness (QED) is 0.290. The van der Waals surface area contributed by atoms with Crippen molar-refractivity contribution in [3.05, 3.63) is 95.1 Å². The Hall–Kier alpha value is -4.38. The maximum absolute atomic E-state index is 13.2. The van der Waals surface area contributed by atoms with Crippen molar-refractivity contribution in [2.45, 2.75) is 19.4 Å². The molecule has 2 aliphatic heterocycles. The summed E-state index contributed by atoms with van der Waals surface area (Å²) in [6, 6.07) is 23.6. The largest absolute Gasteiger partial charge is 0.395 e. The van der Waals surface area contributed by atoms with Crippen LogP contribution in [0.2, 0.25) is 0 Å². The van der Waals surface area contributed by atoms with Gasteiger partial charge in [0.05, 0.1) is 23.6 Å². The van der Waals surface area contributed by atoms with Crippen LogP contribution in [0.1, 0.15) is 35.1 Å². The maximum Gasteiger partial charge on any atom is 0.296 e. The lowest BCUT2D eigenvalue weighted by Gasteiger charge is -2.17. The Morgan fingerprint density at radius 1 is 1.00 bits per heavy atom. The van der Waals surface area contributed by atoms with Crippen molar-refractivity contribution in [1.82, 2.24) is 10.2 Å². The normalized spacial score (nSPS) is 15.8. The third-order valence-corrected chi connectivity index (χ3v) is 6.62. The van der Waals surface area contributed by atoms with Crippen LogP contribution in [-0.4, -0.2) is 48.1 Å². The van der Waals surface area contributed by atoms with E-state index >= 15 is 0 Å². The van der Waals surface area contributed by atoms with E-state index in [2.05, 4.69) is 57.0 Å². The van der Waals surface area contributed by atoms with Gasteiger partial charge in [0.15, 0.2) is 0 Å². The molecule has 0 spiro atoms. The van der Waals surface area contributed by atoms with Gasteiger partial charge in [0.2, 0.25) is 0 Å². The molecule has 3 aromatic rings. The Morgan fingerprint density at radius 2 is 1.76 bits per heavy atom. The Bertz CT molecular complexity index is 1410. The van der Waals surface area contributed by atoms with Crippen LogP contribution in [0.3, 0.4) is 0 Å². The van der Waals surface area contributed by atoms with Gasteiger partial charge >= 0.3 is 0 Å². The zero-order valence-electron chi connectivity index (χ0n) is 21.1. The fraction of sp³-hybridized carbons (Fsp3) is 0.226. The lowest BCUT2D eigenvalue weighted by molar-refractivity contribution is -0.115. The minimum atomic E-state index is -0.466. The number of hydrogen-bond donors (Lipinski definition) is 4.